The topological polar surface area (TPSA) is 50.4 Å². The smallest absolute Gasteiger partial charge is 0.189 e. The highest BCUT2D eigenvalue weighted by Gasteiger charge is 2.12. The summed E-state index contributed by atoms with van der Waals surface area (Å²) in [6.45, 7) is 0.0507. The van der Waals surface area contributed by atoms with Crippen LogP contribution in [0.4, 0.5) is 8.78 Å². The van der Waals surface area contributed by atoms with E-state index in [9.17, 15) is 8.78 Å². The average Bonchev–Trinajstić information content (AvgIpc) is 2.68. The van der Waals surface area contributed by atoms with Gasteiger partial charge in [-0.15, -0.1) is 24.0 Å². The molecule has 0 heterocycles. The lowest BCUT2D eigenvalue weighted by molar-refractivity contribution is 0.529. The molecular weight excluding hydrogens is 387 g/mol. The van der Waals surface area contributed by atoms with E-state index in [1.54, 1.807) is 0 Å². The van der Waals surface area contributed by atoms with Gasteiger partial charge in [-0.2, -0.15) is 0 Å². The van der Waals surface area contributed by atoms with Gasteiger partial charge in [0.15, 0.2) is 5.96 Å². The van der Waals surface area contributed by atoms with Crippen molar-refractivity contribution < 1.29 is 8.78 Å². The van der Waals surface area contributed by atoms with E-state index < -0.39 is 11.6 Å². The van der Waals surface area contributed by atoms with Crippen molar-refractivity contribution in [2.45, 2.75) is 51.1 Å². The minimum atomic E-state index is -0.466. The van der Waals surface area contributed by atoms with E-state index in [-0.39, 0.29) is 36.1 Å². The molecule has 0 saturated heterocycles. The second kappa shape index (κ2) is 9.17. The van der Waals surface area contributed by atoms with Crippen molar-refractivity contribution in [1.82, 2.24) is 5.32 Å². The van der Waals surface area contributed by atoms with Crippen LogP contribution in [-0.4, -0.2) is 12.0 Å². The minimum absolute atomic E-state index is 0. The number of halogens is 3. The molecule has 1 saturated carbocycles. The van der Waals surface area contributed by atoms with Gasteiger partial charge in [0.2, 0.25) is 0 Å². The number of hydrogen-bond acceptors (Lipinski definition) is 1. The maximum Gasteiger partial charge on any atom is 0.189 e. The van der Waals surface area contributed by atoms with Crippen molar-refractivity contribution in [3.05, 3.63) is 35.4 Å². The predicted molar refractivity (Wildman–Crippen MR) is 91.7 cm³/mol. The molecule has 118 valence electrons. The molecule has 1 aromatic carbocycles. The first-order chi connectivity index (χ1) is 9.65. The summed E-state index contributed by atoms with van der Waals surface area (Å²) < 4.78 is 26.5. The van der Waals surface area contributed by atoms with Gasteiger partial charge in [-0.3, -0.25) is 0 Å². The van der Waals surface area contributed by atoms with E-state index in [1.807, 2.05) is 0 Å². The highest BCUT2D eigenvalue weighted by atomic mass is 127. The van der Waals surface area contributed by atoms with Gasteiger partial charge in [0.1, 0.15) is 11.6 Å². The summed E-state index contributed by atoms with van der Waals surface area (Å²) in [7, 11) is 0. The molecule has 0 radical (unpaired) electrons. The lowest BCUT2D eigenvalue weighted by Crippen LogP contribution is -2.39. The molecule has 0 bridgehead atoms. The molecule has 2 rings (SSSR count). The third kappa shape index (κ3) is 6.15. The zero-order valence-electron chi connectivity index (χ0n) is 11.9. The molecule has 3 nitrogen and oxygen atoms in total. The number of nitrogens with two attached hydrogens (primary N) is 1. The fraction of sp³-hybridized carbons (Fsp3) is 0.533. The van der Waals surface area contributed by atoms with E-state index >= 15 is 0 Å². The maximum absolute atomic E-state index is 13.4. The fourth-order valence-electron chi connectivity index (χ4n) is 2.51. The summed E-state index contributed by atoms with van der Waals surface area (Å²) in [5.41, 5.74) is 6.03. The van der Waals surface area contributed by atoms with E-state index in [0.717, 1.165) is 31.0 Å². The van der Waals surface area contributed by atoms with Crippen LogP contribution in [0, 0.1) is 11.6 Å². The molecule has 0 unspecified atom stereocenters. The van der Waals surface area contributed by atoms with Crippen molar-refractivity contribution >= 4 is 29.9 Å². The summed E-state index contributed by atoms with van der Waals surface area (Å²) in [5.74, 6) is -0.620. The Balaban J connectivity index is 0.00000220. The molecule has 0 atom stereocenters. The second-order valence-corrected chi connectivity index (χ2v) is 5.27. The molecule has 6 heteroatoms. The number of rotatable bonds is 3. The second-order valence-electron chi connectivity index (χ2n) is 5.27. The third-order valence-electron chi connectivity index (χ3n) is 3.63. The van der Waals surface area contributed by atoms with Gasteiger partial charge in [0.25, 0.3) is 0 Å². The lowest BCUT2D eigenvalue weighted by Gasteiger charge is -2.16. The van der Waals surface area contributed by atoms with E-state index in [1.165, 1.54) is 25.7 Å². The van der Waals surface area contributed by atoms with Crippen LogP contribution >= 0.6 is 24.0 Å². The quantitative estimate of drug-likeness (QED) is 0.346. The molecule has 21 heavy (non-hydrogen) atoms. The number of aliphatic imine (C=N–C) groups is 1. The van der Waals surface area contributed by atoms with E-state index in [2.05, 4.69) is 10.3 Å². The van der Waals surface area contributed by atoms with Crippen LogP contribution in [0.3, 0.4) is 0 Å². The zero-order chi connectivity index (χ0) is 14.4. The Morgan fingerprint density at radius 2 is 1.86 bits per heavy atom. The van der Waals surface area contributed by atoms with Crippen LogP contribution in [0.15, 0.2) is 23.2 Å². The van der Waals surface area contributed by atoms with Gasteiger partial charge in [0, 0.05) is 11.6 Å². The first-order valence-corrected chi connectivity index (χ1v) is 7.15. The Bertz CT molecular complexity index is 472. The number of hydrogen-bond donors (Lipinski definition) is 2. The summed E-state index contributed by atoms with van der Waals surface area (Å²) in [4.78, 5) is 4.10. The summed E-state index contributed by atoms with van der Waals surface area (Å²) in [6, 6.07) is 3.70. The molecule has 1 aliphatic rings. The van der Waals surface area contributed by atoms with Crippen LogP contribution < -0.4 is 11.1 Å². The molecule has 0 aliphatic heterocycles. The first-order valence-electron chi connectivity index (χ1n) is 7.15. The van der Waals surface area contributed by atoms with Gasteiger partial charge in [-0.05, 0) is 31.0 Å². The van der Waals surface area contributed by atoms with Gasteiger partial charge in [0.05, 0.1) is 6.54 Å². The molecule has 0 aromatic heterocycles. The molecule has 1 aromatic rings. The zero-order valence-corrected chi connectivity index (χ0v) is 14.3. The fourth-order valence-corrected chi connectivity index (χ4v) is 2.51. The van der Waals surface area contributed by atoms with Crippen LogP contribution in [0.2, 0.25) is 0 Å². The summed E-state index contributed by atoms with van der Waals surface area (Å²) in [5, 5.41) is 3.17. The Labute approximate surface area is 141 Å². The number of nitrogens with zero attached hydrogens (tertiary/aromatic N) is 1. The van der Waals surface area contributed by atoms with Gasteiger partial charge < -0.3 is 11.1 Å². The Morgan fingerprint density at radius 3 is 2.52 bits per heavy atom. The summed E-state index contributed by atoms with van der Waals surface area (Å²) >= 11 is 0. The normalized spacial score (nSPS) is 17.0. The number of benzene rings is 1. The number of guanidine groups is 1. The minimum Gasteiger partial charge on any atom is -0.370 e. The van der Waals surface area contributed by atoms with Crippen molar-refractivity contribution in [2.24, 2.45) is 10.7 Å². The van der Waals surface area contributed by atoms with Crippen LogP contribution in [0.5, 0.6) is 0 Å². The maximum atomic E-state index is 13.4. The Kier molecular flexibility index (Phi) is 7.92. The Hall–Kier alpha value is -0.920. The standard InChI is InChI=1S/C15H21F2N3.HI/c16-12-7-8-14(17)11(9-12)10-19-15(18)20-13-5-3-1-2-4-6-13;/h7-9,13H,1-6,10H2,(H3,18,19,20);1H. The van der Waals surface area contributed by atoms with Gasteiger partial charge in [-0.25, -0.2) is 13.8 Å². The van der Waals surface area contributed by atoms with Crippen LogP contribution in [0.25, 0.3) is 0 Å². The predicted octanol–water partition coefficient (Wildman–Crippen LogP) is 3.71. The molecule has 0 spiro atoms. The van der Waals surface area contributed by atoms with Crippen molar-refractivity contribution in [2.75, 3.05) is 0 Å². The summed E-state index contributed by atoms with van der Waals surface area (Å²) in [6.07, 6.45) is 7.11. The highest BCUT2D eigenvalue weighted by molar-refractivity contribution is 14.0. The molecule has 0 amide bonds. The van der Waals surface area contributed by atoms with Crippen LogP contribution in [0.1, 0.15) is 44.1 Å². The van der Waals surface area contributed by atoms with Crippen molar-refractivity contribution in [3.8, 4) is 0 Å². The molecule has 1 aliphatic carbocycles. The monoisotopic (exact) mass is 409 g/mol. The van der Waals surface area contributed by atoms with Gasteiger partial charge >= 0.3 is 0 Å². The van der Waals surface area contributed by atoms with E-state index in [0.29, 0.717) is 12.0 Å². The largest absolute Gasteiger partial charge is 0.370 e. The van der Waals surface area contributed by atoms with E-state index in [4.69, 9.17) is 5.73 Å². The molecule has 3 N–H and O–H groups in total. The highest BCUT2D eigenvalue weighted by Crippen LogP contribution is 2.17. The lowest BCUT2D eigenvalue weighted by atomic mass is 10.1. The SMILES string of the molecule is I.NC(=NCc1cc(F)ccc1F)NC1CCCCCC1. The number of nitrogens with one attached hydrogen (secondary N) is 1. The molecular formula is C15H22F2IN3. The molecule has 1 fully saturated rings. The average molecular weight is 409 g/mol. The first kappa shape index (κ1) is 18.1. The Morgan fingerprint density at radius 1 is 1.19 bits per heavy atom. The van der Waals surface area contributed by atoms with Crippen molar-refractivity contribution in [1.29, 1.82) is 0 Å². The van der Waals surface area contributed by atoms with Crippen molar-refractivity contribution in [3.63, 3.8) is 0 Å². The van der Waals surface area contributed by atoms with Crippen LogP contribution in [-0.2, 0) is 6.54 Å². The third-order valence-corrected chi connectivity index (χ3v) is 3.63. The van der Waals surface area contributed by atoms with Gasteiger partial charge in [-0.1, -0.05) is 25.7 Å².